The molecular formula is C27H24F4N6O. The van der Waals surface area contributed by atoms with Crippen molar-refractivity contribution in [1.82, 2.24) is 19.6 Å². The fourth-order valence-electron chi connectivity index (χ4n) is 4.77. The quantitative estimate of drug-likeness (QED) is 0.473. The number of piperazine rings is 1. The van der Waals surface area contributed by atoms with Crippen LogP contribution in [0.1, 0.15) is 22.3 Å². The maximum Gasteiger partial charge on any atom is 0.416 e. The number of aromatic nitrogens is 2. The minimum atomic E-state index is -4.50. The van der Waals surface area contributed by atoms with E-state index in [1.165, 1.54) is 34.0 Å². The number of hydrogen-bond acceptors (Lipinski definition) is 5. The number of carbonyl (C=O) groups is 1. The largest absolute Gasteiger partial charge is 0.416 e. The first-order chi connectivity index (χ1) is 18.2. The van der Waals surface area contributed by atoms with Crippen molar-refractivity contribution in [1.29, 1.82) is 5.26 Å². The lowest BCUT2D eigenvalue weighted by Gasteiger charge is -2.36. The number of nitriles is 1. The number of fused-ring (bicyclic) bond motifs is 1. The Labute approximate surface area is 216 Å². The molecule has 196 valence electrons. The zero-order chi connectivity index (χ0) is 26.9. The monoisotopic (exact) mass is 524 g/mol. The van der Waals surface area contributed by atoms with E-state index >= 15 is 0 Å². The third kappa shape index (κ3) is 5.18. The first-order valence-corrected chi connectivity index (χ1v) is 12.1. The van der Waals surface area contributed by atoms with Gasteiger partial charge >= 0.3 is 6.18 Å². The second-order valence-corrected chi connectivity index (χ2v) is 9.22. The topological polar surface area (TPSA) is 68.4 Å². The highest BCUT2D eigenvalue weighted by Crippen LogP contribution is 2.34. The van der Waals surface area contributed by atoms with Gasteiger partial charge in [0.1, 0.15) is 17.4 Å². The van der Waals surface area contributed by atoms with Gasteiger partial charge in [0.05, 0.1) is 24.0 Å². The maximum atomic E-state index is 14.0. The molecule has 1 saturated heterocycles. The van der Waals surface area contributed by atoms with Gasteiger partial charge < -0.3 is 0 Å². The normalized spacial score (nSPS) is 16.6. The molecule has 0 aliphatic carbocycles. The molecule has 5 rings (SSSR count). The van der Waals surface area contributed by atoms with E-state index in [1.807, 2.05) is 11.0 Å². The molecule has 38 heavy (non-hydrogen) atoms. The number of alkyl halides is 3. The molecule has 1 fully saturated rings. The van der Waals surface area contributed by atoms with Gasteiger partial charge in [-0.1, -0.05) is 30.3 Å². The van der Waals surface area contributed by atoms with E-state index in [4.69, 9.17) is 0 Å². The smallest absolute Gasteiger partial charge is 0.296 e. The van der Waals surface area contributed by atoms with Gasteiger partial charge in [-0.25, -0.2) is 9.07 Å². The molecular weight excluding hydrogens is 500 g/mol. The van der Waals surface area contributed by atoms with Crippen LogP contribution in [0.15, 0.2) is 60.8 Å². The van der Waals surface area contributed by atoms with Gasteiger partial charge in [0.25, 0.3) is 0 Å². The molecule has 0 atom stereocenters. The van der Waals surface area contributed by atoms with Gasteiger partial charge in [-0.2, -0.15) is 23.5 Å². The summed E-state index contributed by atoms with van der Waals surface area (Å²) in [6, 6.07) is 13.6. The van der Waals surface area contributed by atoms with Crippen molar-refractivity contribution in [3.05, 3.63) is 88.9 Å². The van der Waals surface area contributed by atoms with Gasteiger partial charge in [-0.05, 0) is 24.3 Å². The Kier molecular flexibility index (Phi) is 7.01. The van der Waals surface area contributed by atoms with Gasteiger partial charge in [-0.15, -0.1) is 0 Å². The van der Waals surface area contributed by atoms with E-state index in [0.29, 0.717) is 44.0 Å². The molecule has 0 saturated carbocycles. The summed E-state index contributed by atoms with van der Waals surface area (Å²) in [5.41, 5.74) is 0.652. The Morgan fingerprint density at radius 3 is 2.47 bits per heavy atom. The van der Waals surface area contributed by atoms with E-state index < -0.39 is 11.7 Å². The standard InChI is InChI=1S/C27H24F4N6O/c28-23-7-2-1-4-20(23)17-34-10-12-35(13-11-34)18-25(38)36-9-8-24(37-26(36)21(15-32)16-33-37)19-5-3-6-22(14-19)27(29,30)31/h1-8,14,16H,9-13,17-18H2. The van der Waals surface area contributed by atoms with Gasteiger partial charge in [0, 0.05) is 50.4 Å². The van der Waals surface area contributed by atoms with E-state index in [2.05, 4.69) is 10.00 Å². The lowest BCUT2D eigenvalue weighted by Crippen LogP contribution is -2.50. The van der Waals surface area contributed by atoms with Crippen molar-refractivity contribution >= 4 is 17.4 Å². The Bertz CT molecular complexity index is 1420. The average Bonchev–Trinajstić information content (AvgIpc) is 3.34. The van der Waals surface area contributed by atoms with Crippen molar-refractivity contribution in [2.24, 2.45) is 0 Å². The molecule has 11 heteroatoms. The SMILES string of the molecule is N#Cc1cnn2c1N(C(=O)CN1CCN(Cc3ccccc3F)CC1)CC=C2c1cccc(C(F)(F)F)c1. The van der Waals surface area contributed by atoms with E-state index in [1.54, 1.807) is 24.3 Å². The number of nitrogens with zero attached hydrogens (tertiary/aromatic N) is 6. The summed E-state index contributed by atoms with van der Waals surface area (Å²) in [5, 5.41) is 13.8. The third-order valence-corrected chi connectivity index (χ3v) is 6.78. The molecule has 1 aromatic heterocycles. The lowest BCUT2D eigenvalue weighted by molar-refractivity contribution is -0.137. The number of carbonyl (C=O) groups excluding carboxylic acids is 1. The Balaban J connectivity index is 1.29. The minimum absolute atomic E-state index is 0.0953. The number of halogens is 4. The molecule has 2 aliphatic rings. The first-order valence-electron chi connectivity index (χ1n) is 12.1. The highest BCUT2D eigenvalue weighted by atomic mass is 19.4. The van der Waals surface area contributed by atoms with Crippen LogP contribution in [0.2, 0.25) is 0 Å². The highest BCUT2D eigenvalue weighted by molar-refractivity contribution is 5.97. The van der Waals surface area contributed by atoms with Crippen molar-refractivity contribution in [3.8, 4) is 6.07 Å². The van der Waals surface area contributed by atoms with Crippen LogP contribution in [0, 0.1) is 17.1 Å². The van der Waals surface area contributed by atoms with Crippen molar-refractivity contribution in [2.45, 2.75) is 12.7 Å². The van der Waals surface area contributed by atoms with Crippen molar-refractivity contribution in [2.75, 3.05) is 44.2 Å². The summed E-state index contributed by atoms with van der Waals surface area (Å²) in [4.78, 5) is 18.9. The summed E-state index contributed by atoms with van der Waals surface area (Å²) in [5.74, 6) is -0.242. The van der Waals surface area contributed by atoms with Crippen LogP contribution in [0.25, 0.3) is 5.70 Å². The third-order valence-electron chi connectivity index (χ3n) is 6.78. The fraction of sp³-hybridized carbons (Fsp3) is 0.296. The number of rotatable bonds is 5. The van der Waals surface area contributed by atoms with E-state index in [9.17, 15) is 27.6 Å². The summed E-state index contributed by atoms with van der Waals surface area (Å²) in [6.45, 7) is 3.27. The highest BCUT2D eigenvalue weighted by Gasteiger charge is 2.33. The zero-order valence-corrected chi connectivity index (χ0v) is 20.3. The molecule has 0 N–H and O–H groups in total. The lowest BCUT2D eigenvalue weighted by atomic mass is 10.1. The molecule has 0 unspecified atom stereocenters. The predicted octanol–water partition coefficient (Wildman–Crippen LogP) is 3.97. The van der Waals surface area contributed by atoms with Crippen LogP contribution in [0.3, 0.4) is 0 Å². The van der Waals surface area contributed by atoms with Crippen LogP contribution in [-0.2, 0) is 17.5 Å². The Morgan fingerprint density at radius 2 is 1.76 bits per heavy atom. The summed E-state index contributed by atoms with van der Waals surface area (Å²) in [6.07, 6.45) is -1.55. The van der Waals surface area contributed by atoms with E-state index in [0.717, 1.165) is 12.1 Å². The second kappa shape index (κ2) is 10.4. The molecule has 2 aromatic carbocycles. The van der Waals surface area contributed by atoms with Gasteiger partial charge in [0.15, 0.2) is 5.82 Å². The average molecular weight is 525 g/mol. The summed E-state index contributed by atoms with van der Waals surface area (Å²) >= 11 is 0. The number of benzene rings is 2. The molecule has 3 aromatic rings. The molecule has 2 aliphatic heterocycles. The number of hydrogen-bond donors (Lipinski definition) is 0. The fourth-order valence-corrected chi connectivity index (χ4v) is 4.77. The van der Waals surface area contributed by atoms with Crippen LogP contribution in [-0.4, -0.2) is 64.8 Å². The van der Waals surface area contributed by atoms with Crippen molar-refractivity contribution < 1.29 is 22.4 Å². The van der Waals surface area contributed by atoms with Crippen LogP contribution < -0.4 is 4.90 Å². The molecule has 3 heterocycles. The van der Waals surface area contributed by atoms with E-state index in [-0.39, 0.29) is 41.8 Å². The van der Waals surface area contributed by atoms with Gasteiger partial charge in [0.2, 0.25) is 5.91 Å². The Hall–Kier alpha value is -4.01. The molecule has 0 radical (unpaired) electrons. The number of anilines is 1. The van der Waals surface area contributed by atoms with Crippen LogP contribution in [0.5, 0.6) is 0 Å². The molecule has 7 nitrogen and oxygen atoms in total. The Morgan fingerprint density at radius 1 is 1.03 bits per heavy atom. The maximum absolute atomic E-state index is 14.0. The zero-order valence-electron chi connectivity index (χ0n) is 20.3. The molecule has 0 bridgehead atoms. The first kappa shape index (κ1) is 25.6. The van der Waals surface area contributed by atoms with Crippen molar-refractivity contribution in [3.63, 3.8) is 0 Å². The number of amides is 1. The molecule has 1 amide bonds. The van der Waals surface area contributed by atoms with Gasteiger partial charge in [-0.3, -0.25) is 19.5 Å². The predicted molar refractivity (Wildman–Crippen MR) is 132 cm³/mol. The molecule has 0 spiro atoms. The second-order valence-electron chi connectivity index (χ2n) is 9.22. The summed E-state index contributed by atoms with van der Waals surface area (Å²) < 4.78 is 55.1. The van der Waals surface area contributed by atoms with Crippen LogP contribution >= 0.6 is 0 Å². The summed E-state index contributed by atoms with van der Waals surface area (Å²) in [7, 11) is 0. The van der Waals surface area contributed by atoms with Crippen LogP contribution in [0.4, 0.5) is 23.4 Å². The minimum Gasteiger partial charge on any atom is -0.296 e.